The molecule has 1 fully saturated rings. The van der Waals surface area contributed by atoms with Gasteiger partial charge in [-0.1, -0.05) is 0 Å². The summed E-state index contributed by atoms with van der Waals surface area (Å²) < 4.78 is 5.46. The summed E-state index contributed by atoms with van der Waals surface area (Å²) in [4.78, 5) is 12.2. The van der Waals surface area contributed by atoms with Gasteiger partial charge in [-0.2, -0.15) is 0 Å². The average Bonchev–Trinajstić information content (AvgIpc) is 2.68. The van der Waals surface area contributed by atoms with Crippen LogP contribution < -0.4 is 5.32 Å². The van der Waals surface area contributed by atoms with E-state index in [1.807, 2.05) is 0 Å². The molecule has 0 aromatic rings. The number of carbonyl (C=O) groups is 1. The van der Waals surface area contributed by atoms with Gasteiger partial charge in [0.25, 0.3) is 5.91 Å². The van der Waals surface area contributed by atoms with Gasteiger partial charge >= 0.3 is 0 Å². The lowest BCUT2D eigenvalue weighted by molar-refractivity contribution is -0.211. The fourth-order valence-corrected chi connectivity index (χ4v) is 3.45. The zero-order chi connectivity index (χ0) is 21.8. The fraction of sp³-hybridized carbons (Fsp3) is 0.933. The monoisotopic (exact) mass is 431 g/mol. The van der Waals surface area contributed by atoms with E-state index in [1.165, 1.54) is 6.92 Å². The lowest BCUT2D eigenvalue weighted by atomic mass is 9.92. The Morgan fingerprint density at radius 3 is 2.07 bits per heavy atom. The normalized spacial score (nSPS) is 34.8. The number of aliphatic hydroxyl groups excluding tert-OH is 9. The molecular weight excluding hydrogens is 402 g/mol. The zero-order valence-electron chi connectivity index (χ0n) is 15.3. The van der Waals surface area contributed by atoms with Crippen LogP contribution in [0, 0.1) is 0 Å². The first-order chi connectivity index (χ1) is 13.0. The van der Waals surface area contributed by atoms with Crippen LogP contribution in [0.25, 0.3) is 0 Å². The molecule has 0 spiro atoms. The molecule has 12 nitrogen and oxygen atoms in total. The quantitative estimate of drug-likeness (QED) is 0.165. The number of carbonyl (C=O) groups excluding carboxylic acids is 1. The molecule has 10 N–H and O–H groups in total. The van der Waals surface area contributed by atoms with Gasteiger partial charge in [0, 0.05) is 0 Å². The zero-order valence-corrected chi connectivity index (χ0v) is 16.1. The van der Waals surface area contributed by atoms with Gasteiger partial charge in [-0.15, -0.1) is 11.8 Å². The van der Waals surface area contributed by atoms with Crippen LogP contribution in [0.4, 0.5) is 0 Å². The molecule has 1 aliphatic heterocycles. The average molecular weight is 431 g/mol. The maximum Gasteiger partial charge on any atom is 0.252 e. The summed E-state index contributed by atoms with van der Waals surface area (Å²) in [7, 11) is 0. The van der Waals surface area contributed by atoms with Crippen molar-refractivity contribution in [3.05, 3.63) is 0 Å². The van der Waals surface area contributed by atoms with Gasteiger partial charge in [-0.3, -0.25) is 4.79 Å². The van der Waals surface area contributed by atoms with E-state index >= 15 is 0 Å². The van der Waals surface area contributed by atoms with Crippen LogP contribution in [-0.4, -0.2) is 131 Å². The second-order valence-electron chi connectivity index (χ2n) is 6.63. The van der Waals surface area contributed by atoms with Crippen LogP contribution in [0.1, 0.15) is 6.92 Å². The third-order valence-electron chi connectivity index (χ3n) is 4.54. The van der Waals surface area contributed by atoms with Crippen LogP contribution in [0.3, 0.4) is 0 Å². The molecule has 1 aliphatic rings. The molecule has 0 unspecified atom stereocenters. The summed E-state index contributed by atoms with van der Waals surface area (Å²) in [6.45, 7) is 0.307. The Balaban J connectivity index is 2.93. The van der Waals surface area contributed by atoms with Crippen molar-refractivity contribution in [1.29, 1.82) is 0 Å². The highest BCUT2D eigenvalue weighted by Crippen LogP contribution is 2.29. The van der Waals surface area contributed by atoms with E-state index in [9.17, 15) is 45.6 Å². The summed E-state index contributed by atoms with van der Waals surface area (Å²) in [5.74, 6) is -1.28. The highest BCUT2D eigenvalue weighted by molar-refractivity contribution is 7.99. The maximum absolute atomic E-state index is 12.2. The van der Waals surface area contributed by atoms with E-state index in [0.29, 0.717) is 0 Å². The summed E-state index contributed by atoms with van der Waals surface area (Å²) in [6.07, 6.45) is -14.2. The molecule has 0 radical (unpaired) electrons. The minimum absolute atomic E-state index is 0.929. The molecule has 1 rings (SSSR count). The second-order valence-corrected chi connectivity index (χ2v) is 7.56. The maximum atomic E-state index is 12.2. The largest absolute Gasteiger partial charge is 0.394 e. The number of hydrogen-bond donors (Lipinski definition) is 10. The van der Waals surface area contributed by atoms with E-state index in [1.54, 1.807) is 6.26 Å². The number of aliphatic hydroxyl groups is 9. The number of hydrogen-bond acceptors (Lipinski definition) is 12. The molecule has 0 saturated carbocycles. The minimum atomic E-state index is -2.26. The molecule has 0 aromatic carbocycles. The second kappa shape index (κ2) is 11.0. The predicted molar refractivity (Wildman–Crippen MR) is 94.9 cm³/mol. The van der Waals surface area contributed by atoms with Crippen LogP contribution in [0.15, 0.2) is 0 Å². The van der Waals surface area contributed by atoms with Crippen molar-refractivity contribution in [2.75, 3.05) is 12.9 Å². The summed E-state index contributed by atoms with van der Waals surface area (Å²) in [6, 6.07) is -1.37. The molecule has 1 amide bonds. The summed E-state index contributed by atoms with van der Waals surface area (Å²) in [5.41, 5.74) is -0.974. The molecule has 11 atom stereocenters. The number of rotatable bonds is 9. The van der Waals surface area contributed by atoms with Crippen molar-refractivity contribution < 1.29 is 55.5 Å². The first-order valence-electron chi connectivity index (χ1n) is 8.51. The lowest BCUT2D eigenvalue weighted by Gasteiger charge is -2.44. The van der Waals surface area contributed by atoms with Crippen molar-refractivity contribution in [2.24, 2.45) is 0 Å². The van der Waals surface area contributed by atoms with Gasteiger partial charge in [0.15, 0.2) is 6.10 Å². The topological polar surface area (TPSA) is 220 Å². The highest BCUT2D eigenvalue weighted by atomic mass is 32.2. The Labute approximate surface area is 165 Å². The van der Waals surface area contributed by atoms with Crippen molar-refractivity contribution in [3.8, 4) is 0 Å². The van der Waals surface area contributed by atoms with E-state index < -0.39 is 78.9 Å². The molecule has 28 heavy (non-hydrogen) atoms. The Kier molecular flexibility index (Phi) is 9.99. The summed E-state index contributed by atoms with van der Waals surface area (Å²) in [5, 5.41) is 89.5. The molecule has 0 aliphatic carbocycles. The van der Waals surface area contributed by atoms with E-state index in [-0.39, 0.29) is 0 Å². The van der Waals surface area contributed by atoms with Crippen LogP contribution in [0.5, 0.6) is 0 Å². The number of ether oxygens (including phenoxy) is 1. The van der Waals surface area contributed by atoms with Gasteiger partial charge in [0.1, 0.15) is 48.2 Å². The molecule has 13 heteroatoms. The molecular formula is C15H29NO11S. The number of amides is 1. The Morgan fingerprint density at radius 1 is 1.04 bits per heavy atom. The SMILES string of the molecule is CS[C@H]1O[C@H]([C@H](NC(=O)[C@H](O)[C@@H](O)[C@H](O)[C@H](O)CO)[C@@H](C)O)[C@H](O)[C@H](O)[C@H]1O. The fourth-order valence-electron chi connectivity index (χ4n) is 2.77. The first-order valence-corrected chi connectivity index (χ1v) is 9.80. The number of thioether (sulfide) groups is 1. The molecule has 1 heterocycles. The van der Waals surface area contributed by atoms with Crippen molar-refractivity contribution in [3.63, 3.8) is 0 Å². The third-order valence-corrected chi connectivity index (χ3v) is 5.40. The van der Waals surface area contributed by atoms with Gasteiger partial charge < -0.3 is 56.0 Å². The summed E-state index contributed by atoms with van der Waals surface area (Å²) >= 11 is 1.02. The Morgan fingerprint density at radius 2 is 1.61 bits per heavy atom. The standard InChI is InChI=1S/C15H29NO11S/c1-4(18)6(13-10(23)9(22)12(25)15(27-13)28-2)16-14(26)11(24)8(21)7(20)5(19)3-17/h4-13,15,17-25H,3H2,1-2H3,(H,16,26)/t4-,5-,6-,7-,8+,9+,10-,11-,12-,13-,15-/m1/s1. The van der Waals surface area contributed by atoms with E-state index in [2.05, 4.69) is 5.32 Å². The van der Waals surface area contributed by atoms with Crippen LogP contribution >= 0.6 is 11.8 Å². The van der Waals surface area contributed by atoms with Gasteiger partial charge in [-0.25, -0.2) is 0 Å². The van der Waals surface area contributed by atoms with Gasteiger partial charge in [-0.05, 0) is 13.2 Å². The van der Waals surface area contributed by atoms with Gasteiger partial charge in [0.2, 0.25) is 0 Å². The molecule has 166 valence electrons. The number of nitrogens with one attached hydrogen (secondary N) is 1. The molecule has 0 aromatic heterocycles. The van der Waals surface area contributed by atoms with Crippen molar-refractivity contribution in [1.82, 2.24) is 5.32 Å². The van der Waals surface area contributed by atoms with E-state index in [4.69, 9.17) is 9.84 Å². The van der Waals surface area contributed by atoms with Gasteiger partial charge in [0.05, 0.1) is 18.8 Å². The van der Waals surface area contributed by atoms with Crippen LogP contribution in [0.2, 0.25) is 0 Å². The smallest absolute Gasteiger partial charge is 0.252 e. The van der Waals surface area contributed by atoms with Crippen molar-refractivity contribution in [2.45, 2.75) is 73.3 Å². The Bertz CT molecular complexity index is 497. The van der Waals surface area contributed by atoms with Crippen molar-refractivity contribution >= 4 is 17.7 Å². The highest BCUT2D eigenvalue weighted by Gasteiger charge is 2.48. The predicted octanol–water partition coefficient (Wildman–Crippen LogP) is -5.54. The lowest BCUT2D eigenvalue weighted by Crippen LogP contribution is -2.66. The van der Waals surface area contributed by atoms with E-state index in [0.717, 1.165) is 11.8 Å². The van der Waals surface area contributed by atoms with Crippen LogP contribution in [-0.2, 0) is 9.53 Å². The Hall–Kier alpha value is -0.580. The first kappa shape index (κ1) is 25.5. The third kappa shape index (κ3) is 5.73. The molecule has 0 bridgehead atoms. The molecule has 1 saturated heterocycles. The minimum Gasteiger partial charge on any atom is -0.394 e.